The number of unbranched alkanes of at least 4 members (excludes halogenated alkanes) is 2. The normalized spacial score (nSPS) is 26.6. The highest BCUT2D eigenvalue weighted by atomic mass is 32.2. The summed E-state index contributed by atoms with van der Waals surface area (Å²) in [6, 6.07) is 25.0. The quantitative estimate of drug-likeness (QED) is 0.0801. The SMILES string of the molecule is C=CCO[C@@]12Oc3ccc(Oc4ccc(-c5ccccc5)cc4)cc3[C@H]3[C@H](CCCCO)[C@@H](CCCCO)C=C(C(=NOC(C)(C)C)C[C@@H]1SC1CCCC1)[C@H]32. The molecule has 4 aliphatic rings. The molecule has 1 aliphatic heterocycles. The van der Waals surface area contributed by atoms with Gasteiger partial charge in [0.15, 0.2) is 0 Å². The molecule has 1 heterocycles. The molecule has 0 saturated heterocycles. The molecule has 2 fully saturated rings. The number of aliphatic hydroxyl groups is 2. The van der Waals surface area contributed by atoms with Crippen molar-refractivity contribution in [3.05, 3.63) is 103 Å². The van der Waals surface area contributed by atoms with Gasteiger partial charge in [0.05, 0.1) is 23.5 Å². The summed E-state index contributed by atoms with van der Waals surface area (Å²) < 4.78 is 21.1. The first-order valence-electron chi connectivity index (χ1n) is 21.0. The highest BCUT2D eigenvalue weighted by Gasteiger charge is 2.64. The molecular formula is C48H61NO6S. The highest BCUT2D eigenvalue weighted by molar-refractivity contribution is 8.00. The Bertz CT molecular complexity index is 1810. The van der Waals surface area contributed by atoms with Crippen molar-refractivity contribution in [3.8, 4) is 28.4 Å². The molecule has 0 radical (unpaired) electrons. The van der Waals surface area contributed by atoms with Crippen molar-refractivity contribution >= 4 is 17.5 Å². The van der Waals surface area contributed by atoms with Crippen LogP contribution in [0.25, 0.3) is 11.1 Å². The van der Waals surface area contributed by atoms with Gasteiger partial charge in [0.1, 0.15) is 22.8 Å². The van der Waals surface area contributed by atoms with E-state index in [9.17, 15) is 10.2 Å². The van der Waals surface area contributed by atoms with Crippen LogP contribution in [0.2, 0.25) is 0 Å². The van der Waals surface area contributed by atoms with Gasteiger partial charge in [0, 0.05) is 36.4 Å². The summed E-state index contributed by atoms with van der Waals surface area (Å²) in [5.74, 6) is 1.77. The van der Waals surface area contributed by atoms with Crippen molar-refractivity contribution < 1.29 is 29.3 Å². The zero-order valence-corrected chi connectivity index (χ0v) is 34.4. The third kappa shape index (κ3) is 9.09. The van der Waals surface area contributed by atoms with E-state index in [1.165, 1.54) is 31.2 Å². The van der Waals surface area contributed by atoms with Gasteiger partial charge in [0.25, 0.3) is 0 Å². The van der Waals surface area contributed by atoms with Gasteiger partial charge in [-0.1, -0.05) is 85.5 Å². The van der Waals surface area contributed by atoms with E-state index in [1.54, 1.807) is 0 Å². The Morgan fingerprint density at radius 3 is 2.29 bits per heavy atom. The number of oxime groups is 1. The van der Waals surface area contributed by atoms with Crippen molar-refractivity contribution in [2.45, 2.75) is 119 Å². The molecule has 2 N–H and O–H groups in total. The predicted molar refractivity (Wildman–Crippen MR) is 228 cm³/mol. The lowest BCUT2D eigenvalue weighted by molar-refractivity contribution is -0.223. The predicted octanol–water partition coefficient (Wildman–Crippen LogP) is 11.3. The van der Waals surface area contributed by atoms with E-state index in [4.69, 9.17) is 24.2 Å². The summed E-state index contributed by atoms with van der Waals surface area (Å²) in [4.78, 5) is 6.26. The summed E-state index contributed by atoms with van der Waals surface area (Å²) in [6.07, 6.45) is 15.1. The Labute approximate surface area is 338 Å². The average Bonchev–Trinajstić information content (AvgIpc) is 3.72. The monoisotopic (exact) mass is 779 g/mol. The number of fused-ring (bicyclic) bond motifs is 2. The maximum atomic E-state index is 9.94. The van der Waals surface area contributed by atoms with Crippen LogP contribution in [-0.4, -0.2) is 57.6 Å². The second kappa shape index (κ2) is 18.4. The van der Waals surface area contributed by atoms with Crippen LogP contribution in [-0.2, 0) is 9.57 Å². The minimum Gasteiger partial charge on any atom is -0.460 e. The summed E-state index contributed by atoms with van der Waals surface area (Å²) in [7, 11) is 0. The number of hydrogen-bond donors (Lipinski definition) is 2. The molecule has 3 aromatic carbocycles. The number of rotatable bonds is 17. The molecule has 3 aliphatic carbocycles. The van der Waals surface area contributed by atoms with Crippen LogP contribution in [0, 0.1) is 17.8 Å². The van der Waals surface area contributed by atoms with Crippen LogP contribution >= 0.6 is 11.8 Å². The van der Waals surface area contributed by atoms with Crippen molar-refractivity contribution in [2.24, 2.45) is 22.9 Å². The number of benzene rings is 3. The largest absolute Gasteiger partial charge is 0.460 e. The fraction of sp³-hybridized carbons (Fsp3) is 0.521. The van der Waals surface area contributed by atoms with Gasteiger partial charge in [0.2, 0.25) is 5.79 Å². The summed E-state index contributed by atoms with van der Waals surface area (Å²) in [5, 5.41) is 25.3. The summed E-state index contributed by atoms with van der Waals surface area (Å²) >= 11 is 2.02. The lowest BCUT2D eigenvalue weighted by atomic mass is 9.56. The van der Waals surface area contributed by atoms with Crippen molar-refractivity contribution in [3.63, 3.8) is 0 Å². The van der Waals surface area contributed by atoms with Gasteiger partial charge in [-0.15, -0.1) is 18.3 Å². The lowest BCUT2D eigenvalue weighted by Gasteiger charge is -2.58. The van der Waals surface area contributed by atoms with E-state index >= 15 is 0 Å². The Kier molecular flexibility index (Phi) is 13.3. The summed E-state index contributed by atoms with van der Waals surface area (Å²) in [5.41, 5.74) is 5.14. The highest BCUT2D eigenvalue weighted by Crippen LogP contribution is 2.63. The molecular weight excluding hydrogens is 719 g/mol. The second-order valence-electron chi connectivity index (χ2n) is 17.0. The van der Waals surface area contributed by atoms with Crippen LogP contribution < -0.4 is 9.47 Å². The molecule has 0 unspecified atom stereocenters. The molecule has 0 bridgehead atoms. The zero-order chi connectivity index (χ0) is 39.1. The first-order valence-corrected chi connectivity index (χ1v) is 21.9. The second-order valence-corrected chi connectivity index (χ2v) is 18.5. The molecule has 3 aromatic rings. The van der Waals surface area contributed by atoms with Crippen molar-refractivity contribution in [1.29, 1.82) is 0 Å². The molecule has 8 heteroatoms. The van der Waals surface area contributed by atoms with Gasteiger partial charge >= 0.3 is 0 Å². The van der Waals surface area contributed by atoms with Gasteiger partial charge in [-0.2, -0.15) is 0 Å². The molecule has 0 spiro atoms. The standard InChI is InChI=1S/C48H61NO6S/c1-5-29-52-48-44(56-38-18-9-10-19-38)32-42(49-55-47(2,3)4)40-30-35(17-11-13-27-50)39(20-12-14-28-51)45(46(40)48)41-31-37(25-26-43(41)54-48)53-36-23-21-34(22-24-36)33-15-7-6-8-16-33/h5-8,15-16,21-26,30-31,35,38-39,44-46,50-51H,1,9-14,17-20,27-29,32H2,2-4H3/t35-,39+,44-,45+,46+,48+/m0/s1. The minimum absolute atomic E-state index is 0.0197. The molecule has 0 amide bonds. The van der Waals surface area contributed by atoms with E-state index in [2.05, 4.69) is 61.2 Å². The third-order valence-corrected chi connectivity index (χ3v) is 13.6. The first-order chi connectivity index (χ1) is 27.2. The fourth-order valence-corrected chi connectivity index (χ4v) is 11.2. The smallest absolute Gasteiger partial charge is 0.230 e. The van der Waals surface area contributed by atoms with Crippen LogP contribution in [0.15, 0.2) is 102 Å². The van der Waals surface area contributed by atoms with E-state index in [-0.39, 0.29) is 42.1 Å². The molecule has 7 nitrogen and oxygen atoms in total. The third-order valence-electron chi connectivity index (χ3n) is 11.9. The lowest BCUT2D eigenvalue weighted by Crippen LogP contribution is -2.64. The molecule has 300 valence electrons. The van der Waals surface area contributed by atoms with Crippen molar-refractivity contribution in [2.75, 3.05) is 19.8 Å². The van der Waals surface area contributed by atoms with E-state index in [0.29, 0.717) is 18.3 Å². The Morgan fingerprint density at radius 2 is 1.59 bits per heavy atom. The van der Waals surface area contributed by atoms with Crippen molar-refractivity contribution in [1.82, 2.24) is 0 Å². The Balaban J connectivity index is 1.36. The molecule has 6 atom stereocenters. The number of aliphatic hydroxyl groups excluding tert-OH is 2. The Morgan fingerprint density at radius 1 is 0.893 bits per heavy atom. The van der Waals surface area contributed by atoms with Gasteiger partial charge in [-0.05, 0) is 118 Å². The first kappa shape index (κ1) is 40.6. The van der Waals surface area contributed by atoms with E-state index < -0.39 is 11.4 Å². The zero-order valence-electron chi connectivity index (χ0n) is 33.5. The number of hydrogen-bond acceptors (Lipinski definition) is 8. The van der Waals surface area contributed by atoms with E-state index in [1.807, 2.05) is 62.9 Å². The van der Waals surface area contributed by atoms with Gasteiger partial charge in [-0.25, -0.2) is 0 Å². The topological polar surface area (TPSA) is 89.7 Å². The van der Waals surface area contributed by atoms with Crippen LogP contribution in [0.1, 0.15) is 103 Å². The number of ether oxygens (including phenoxy) is 3. The molecule has 0 aromatic heterocycles. The molecule has 2 saturated carbocycles. The minimum atomic E-state index is -0.952. The summed E-state index contributed by atoms with van der Waals surface area (Å²) in [6.45, 7) is 10.9. The number of nitrogens with zero attached hydrogens (tertiary/aromatic N) is 1. The fourth-order valence-electron chi connectivity index (χ4n) is 9.44. The Hall–Kier alpha value is -3.56. The number of allylic oxidation sites excluding steroid dienone is 1. The van der Waals surface area contributed by atoms with Gasteiger partial charge < -0.3 is 29.3 Å². The van der Waals surface area contributed by atoms with Crippen LogP contribution in [0.4, 0.5) is 0 Å². The van der Waals surface area contributed by atoms with Crippen LogP contribution in [0.3, 0.4) is 0 Å². The van der Waals surface area contributed by atoms with Gasteiger partial charge in [-0.3, -0.25) is 0 Å². The maximum Gasteiger partial charge on any atom is 0.230 e. The molecule has 56 heavy (non-hydrogen) atoms. The number of thioether (sulfide) groups is 1. The maximum absolute atomic E-state index is 9.94. The van der Waals surface area contributed by atoms with E-state index in [0.717, 1.165) is 78.2 Å². The average molecular weight is 780 g/mol. The molecule has 7 rings (SSSR count). The van der Waals surface area contributed by atoms with Crippen LogP contribution in [0.5, 0.6) is 17.2 Å².